The highest BCUT2D eigenvalue weighted by molar-refractivity contribution is 14.1. The smallest absolute Gasteiger partial charge is 0.256 e. The lowest BCUT2D eigenvalue weighted by molar-refractivity contribution is 0.0748. The molecule has 1 saturated heterocycles. The molecule has 0 aliphatic carbocycles. The average Bonchev–Trinajstić information content (AvgIpc) is 2.49. The number of benzene rings is 1. The molecule has 0 N–H and O–H groups in total. The Bertz CT molecular complexity index is 646. The lowest BCUT2D eigenvalue weighted by Crippen LogP contribution is -2.50. The molecule has 0 saturated carbocycles. The van der Waals surface area contributed by atoms with Crippen molar-refractivity contribution < 1.29 is 13.2 Å². The van der Waals surface area contributed by atoms with Gasteiger partial charge in [-0.2, -0.15) is 11.8 Å². The van der Waals surface area contributed by atoms with E-state index in [1.54, 1.807) is 24.8 Å². The van der Waals surface area contributed by atoms with Gasteiger partial charge in [0.2, 0.25) is 0 Å². The van der Waals surface area contributed by atoms with Gasteiger partial charge in [-0.3, -0.25) is 4.79 Å². The van der Waals surface area contributed by atoms with Gasteiger partial charge >= 0.3 is 0 Å². The first-order valence-electron chi connectivity index (χ1n) is 6.74. The molecule has 1 aromatic carbocycles. The number of thioether (sulfide) groups is 1. The van der Waals surface area contributed by atoms with E-state index in [4.69, 9.17) is 0 Å². The minimum atomic E-state index is -3.26. The maximum absolute atomic E-state index is 12.8. The summed E-state index contributed by atoms with van der Waals surface area (Å²) in [7, 11) is -3.26. The van der Waals surface area contributed by atoms with Crippen molar-refractivity contribution in [3.8, 4) is 0 Å². The molecular weight excluding hydrogens is 421 g/mol. The first-order valence-corrected chi connectivity index (χ1v) is 10.7. The number of amides is 1. The standard InChI is InChI=1S/C14H18INO3S2/c1-3-21(18,19)12-9-20-8-7-16(12)14(17)11-6-4-5-10(2)13(11)15/h4-6,12H,3,7-9H2,1-2H3. The van der Waals surface area contributed by atoms with E-state index in [1.807, 2.05) is 19.1 Å². The van der Waals surface area contributed by atoms with Gasteiger partial charge in [-0.15, -0.1) is 0 Å². The molecule has 116 valence electrons. The number of carbonyl (C=O) groups excluding carboxylic acids is 1. The molecule has 1 unspecified atom stereocenters. The summed E-state index contributed by atoms with van der Waals surface area (Å²) in [6, 6.07) is 5.56. The van der Waals surface area contributed by atoms with E-state index in [9.17, 15) is 13.2 Å². The van der Waals surface area contributed by atoms with Gasteiger partial charge in [-0.05, 0) is 41.1 Å². The number of rotatable bonds is 3. The zero-order chi connectivity index (χ0) is 15.6. The third-order valence-electron chi connectivity index (χ3n) is 3.58. The zero-order valence-electron chi connectivity index (χ0n) is 12.0. The Morgan fingerprint density at radius 2 is 2.19 bits per heavy atom. The minimum absolute atomic E-state index is 0.0624. The molecule has 21 heavy (non-hydrogen) atoms. The van der Waals surface area contributed by atoms with E-state index >= 15 is 0 Å². The van der Waals surface area contributed by atoms with Crippen LogP contribution in [-0.2, 0) is 9.84 Å². The van der Waals surface area contributed by atoms with Crippen LogP contribution >= 0.6 is 34.4 Å². The zero-order valence-corrected chi connectivity index (χ0v) is 15.8. The van der Waals surface area contributed by atoms with E-state index in [2.05, 4.69) is 22.6 Å². The van der Waals surface area contributed by atoms with Crippen LogP contribution in [-0.4, -0.2) is 48.4 Å². The van der Waals surface area contributed by atoms with Crippen LogP contribution in [0, 0.1) is 10.5 Å². The molecule has 4 nitrogen and oxygen atoms in total. The summed E-state index contributed by atoms with van der Waals surface area (Å²) < 4.78 is 25.4. The molecule has 0 radical (unpaired) electrons. The van der Waals surface area contributed by atoms with Gasteiger partial charge in [-0.1, -0.05) is 19.1 Å². The molecule has 1 heterocycles. The quantitative estimate of drug-likeness (QED) is 0.680. The van der Waals surface area contributed by atoms with Crippen molar-refractivity contribution in [3.63, 3.8) is 0 Å². The Morgan fingerprint density at radius 1 is 1.48 bits per heavy atom. The monoisotopic (exact) mass is 439 g/mol. The van der Waals surface area contributed by atoms with Crippen LogP contribution in [0.5, 0.6) is 0 Å². The number of hydrogen-bond acceptors (Lipinski definition) is 4. The molecule has 0 bridgehead atoms. The van der Waals surface area contributed by atoms with Crippen LogP contribution in [0.4, 0.5) is 0 Å². The number of halogens is 1. The maximum Gasteiger partial charge on any atom is 0.256 e. The fourth-order valence-corrected chi connectivity index (χ4v) is 5.83. The summed E-state index contributed by atoms with van der Waals surface area (Å²) >= 11 is 3.75. The van der Waals surface area contributed by atoms with Crippen LogP contribution in [0.1, 0.15) is 22.8 Å². The predicted molar refractivity (Wildman–Crippen MR) is 95.5 cm³/mol. The van der Waals surface area contributed by atoms with Crippen LogP contribution in [0.25, 0.3) is 0 Å². The molecule has 1 amide bonds. The maximum atomic E-state index is 12.8. The first kappa shape index (κ1) is 17.1. The summed E-state index contributed by atoms with van der Waals surface area (Å²) in [5.41, 5.74) is 1.63. The van der Waals surface area contributed by atoms with E-state index in [0.717, 1.165) is 14.9 Å². The van der Waals surface area contributed by atoms with Crippen LogP contribution in [0.3, 0.4) is 0 Å². The third-order valence-corrected chi connectivity index (χ3v) is 8.31. The molecule has 7 heteroatoms. The summed E-state index contributed by atoms with van der Waals surface area (Å²) in [5.74, 6) is 1.13. The van der Waals surface area contributed by atoms with E-state index in [-0.39, 0.29) is 11.7 Å². The Hall–Kier alpha value is -0.280. The van der Waals surface area contributed by atoms with Crippen molar-refractivity contribution >= 4 is 50.1 Å². The molecule has 1 fully saturated rings. The summed E-state index contributed by atoms with van der Waals surface area (Å²) in [6.45, 7) is 4.07. The number of nitrogens with zero attached hydrogens (tertiary/aromatic N) is 1. The molecule has 1 atom stereocenters. The van der Waals surface area contributed by atoms with Crippen LogP contribution in [0.15, 0.2) is 18.2 Å². The van der Waals surface area contributed by atoms with Gasteiger partial charge in [0.25, 0.3) is 5.91 Å². The highest BCUT2D eigenvalue weighted by atomic mass is 127. The largest absolute Gasteiger partial charge is 0.320 e. The van der Waals surface area contributed by atoms with E-state index in [1.165, 1.54) is 4.90 Å². The lowest BCUT2D eigenvalue weighted by Gasteiger charge is -2.35. The molecular formula is C14H18INO3S2. The SMILES string of the molecule is CCS(=O)(=O)C1CSCCN1C(=O)c1cccc(C)c1I. The number of aryl methyl sites for hydroxylation is 1. The second kappa shape index (κ2) is 6.87. The van der Waals surface area contributed by atoms with Crippen LogP contribution in [0.2, 0.25) is 0 Å². The fourth-order valence-electron chi connectivity index (χ4n) is 2.27. The Morgan fingerprint density at radius 3 is 2.86 bits per heavy atom. The molecule has 0 aromatic heterocycles. The van der Waals surface area contributed by atoms with Crippen molar-refractivity contribution in [2.75, 3.05) is 23.8 Å². The van der Waals surface area contributed by atoms with E-state index in [0.29, 0.717) is 17.9 Å². The fraction of sp³-hybridized carbons (Fsp3) is 0.500. The summed E-state index contributed by atoms with van der Waals surface area (Å²) in [5, 5.41) is -0.704. The van der Waals surface area contributed by atoms with E-state index < -0.39 is 15.2 Å². The second-order valence-electron chi connectivity index (χ2n) is 4.92. The predicted octanol–water partition coefficient (Wildman–Crippen LogP) is 2.55. The van der Waals surface area contributed by atoms with Crippen LogP contribution < -0.4 is 0 Å². The Labute approximate surface area is 143 Å². The van der Waals surface area contributed by atoms with Crippen molar-refractivity contribution in [3.05, 3.63) is 32.9 Å². The normalized spacial score (nSPS) is 19.6. The van der Waals surface area contributed by atoms with Crippen molar-refractivity contribution in [1.29, 1.82) is 0 Å². The first-order chi connectivity index (χ1) is 9.88. The van der Waals surface area contributed by atoms with Gasteiger partial charge in [0.15, 0.2) is 9.84 Å². The van der Waals surface area contributed by atoms with Gasteiger partial charge in [-0.25, -0.2) is 8.42 Å². The molecule has 1 aliphatic heterocycles. The van der Waals surface area contributed by atoms with Gasteiger partial charge in [0.1, 0.15) is 5.37 Å². The van der Waals surface area contributed by atoms with Crippen molar-refractivity contribution in [2.45, 2.75) is 19.2 Å². The average molecular weight is 439 g/mol. The van der Waals surface area contributed by atoms with Gasteiger partial charge in [0, 0.05) is 27.4 Å². The Kier molecular flexibility index (Phi) is 5.59. The van der Waals surface area contributed by atoms with Gasteiger partial charge < -0.3 is 4.90 Å². The van der Waals surface area contributed by atoms with Crippen molar-refractivity contribution in [2.24, 2.45) is 0 Å². The highest BCUT2D eigenvalue weighted by Crippen LogP contribution is 2.25. The summed E-state index contributed by atoms with van der Waals surface area (Å²) in [4.78, 5) is 14.3. The number of carbonyl (C=O) groups is 1. The Balaban J connectivity index is 2.38. The van der Waals surface area contributed by atoms with Crippen molar-refractivity contribution in [1.82, 2.24) is 4.90 Å². The highest BCUT2D eigenvalue weighted by Gasteiger charge is 2.36. The lowest BCUT2D eigenvalue weighted by atomic mass is 10.1. The number of hydrogen-bond donors (Lipinski definition) is 0. The minimum Gasteiger partial charge on any atom is -0.320 e. The van der Waals surface area contributed by atoms with Gasteiger partial charge in [0.05, 0.1) is 5.56 Å². The number of sulfone groups is 1. The molecule has 1 aromatic rings. The molecule has 0 spiro atoms. The molecule has 2 rings (SSSR count). The summed E-state index contributed by atoms with van der Waals surface area (Å²) in [6.07, 6.45) is 0. The topological polar surface area (TPSA) is 54.5 Å². The third kappa shape index (κ3) is 3.56. The second-order valence-corrected chi connectivity index (χ2v) is 9.59. The molecule has 1 aliphatic rings.